The third kappa shape index (κ3) is 3.78. The summed E-state index contributed by atoms with van der Waals surface area (Å²) in [5.41, 5.74) is 4.44. The monoisotopic (exact) mass is 368 g/mol. The molecule has 0 saturated heterocycles. The van der Waals surface area contributed by atoms with E-state index in [-0.39, 0.29) is 5.91 Å². The van der Waals surface area contributed by atoms with E-state index >= 15 is 0 Å². The number of aryl methyl sites for hydroxylation is 1. The Hall–Kier alpha value is -2.66. The zero-order chi connectivity index (χ0) is 18.7. The zero-order valence-electron chi connectivity index (χ0n) is 15.1. The molecule has 0 bridgehead atoms. The van der Waals surface area contributed by atoms with Gasteiger partial charge in [0.25, 0.3) is 5.91 Å². The smallest absolute Gasteiger partial charge is 0.253 e. The van der Waals surface area contributed by atoms with Gasteiger partial charge in [-0.2, -0.15) is 5.10 Å². The van der Waals surface area contributed by atoms with Crippen LogP contribution in [-0.2, 0) is 13.1 Å². The first-order chi connectivity index (χ1) is 12.5. The number of carbonyl (C=O) groups excluding carboxylic acids is 1. The molecule has 3 rings (SSSR count). The molecule has 3 aromatic rings. The number of hydrogen-bond acceptors (Lipinski definition) is 3. The van der Waals surface area contributed by atoms with Crippen molar-refractivity contribution >= 4 is 17.5 Å². The van der Waals surface area contributed by atoms with E-state index in [0.29, 0.717) is 17.1 Å². The van der Waals surface area contributed by atoms with E-state index in [9.17, 15) is 4.79 Å². The molecule has 0 N–H and O–H groups in total. The molecular formula is C20H21ClN4O. The summed E-state index contributed by atoms with van der Waals surface area (Å²) in [4.78, 5) is 18.9. The molecule has 1 amide bonds. The number of amides is 1. The lowest BCUT2D eigenvalue weighted by atomic mass is 10.1. The van der Waals surface area contributed by atoms with E-state index in [1.165, 1.54) is 0 Å². The maximum absolute atomic E-state index is 12.8. The third-order valence-corrected chi connectivity index (χ3v) is 4.61. The fourth-order valence-electron chi connectivity index (χ4n) is 2.87. The van der Waals surface area contributed by atoms with Crippen molar-refractivity contribution < 1.29 is 4.79 Å². The molecule has 0 fully saturated rings. The molecule has 0 atom stereocenters. The Morgan fingerprint density at radius 1 is 1.23 bits per heavy atom. The molecule has 2 heterocycles. The van der Waals surface area contributed by atoms with Crippen LogP contribution in [0.25, 0.3) is 11.3 Å². The van der Waals surface area contributed by atoms with E-state index in [2.05, 4.69) is 17.0 Å². The number of rotatable bonds is 5. The normalized spacial score (nSPS) is 10.8. The maximum Gasteiger partial charge on any atom is 0.253 e. The molecule has 0 aliphatic carbocycles. The quantitative estimate of drug-likeness (QED) is 0.678. The predicted molar refractivity (Wildman–Crippen MR) is 103 cm³/mol. The number of carbonyl (C=O) groups is 1. The summed E-state index contributed by atoms with van der Waals surface area (Å²) in [6, 6.07) is 11.1. The second kappa shape index (κ2) is 7.70. The number of nitrogens with zero attached hydrogens (tertiary/aromatic N) is 4. The average Bonchev–Trinajstić information content (AvgIpc) is 3.01. The highest BCUT2D eigenvalue weighted by atomic mass is 35.5. The molecule has 134 valence electrons. The molecule has 0 aliphatic heterocycles. The Morgan fingerprint density at radius 3 is 2.69 bits per heavy atom. The minimum absolute atomic E-state index is 0.0375. The van der Waals surface area contributed by atoms with Gasteiger partial charge in [0.2, 0.25) is 0 Å². The number of benzene rings is 1. The van der Waals surface area contributed by atoms with Crippen LogP contribution in [0.4, 0.5) is 0 Å². The van der Waals surface area contributed by atoms with Gasteiger partial charge in [0, 0.05) is 48.7 Å². The van der Waals surface area contributed by atoms with Crippen molar-refractivity contribution in [1.29, 1.82) is 0 Å². The molecule has 0 radical (unpaired) electrons. The highest BCUT2D eigenvalue weighted by Crippen LogP contribution is 2.21. The predicted octanol–water partition coefficient (Wildman–Crippen LogP) is 4.20. The van der Waals surface area contributed by atoms with Gasteiger partial charge in [0.05, 0.1) is 16.9 Å². The highest BCUT2D eigenvalue weighted by molar-refractivity contribution is 6.30. The lowest BCUT2D eigenvalue weighted by molar-refractivity contribution is 0.0785. The second-order valence-electron chi connectivity index (χ2n) is 6.17. The molecule has 5 nitrogen and oxygen atoms in total. The van der Waals surface area contributed by atoms with Crippen molar-refractivity contribution in [3.05, 3.63) is 70.6 Å². The lowest BCUT2D eigenvalue weighted by Gasteiger charge is -2.17. The molecular weight excluding hydrogens is 348 g/mol. The third-order valence-electron chi connectivity index (χ3n) is 4.39. The van der Waals surface area contributed by atoms with Gasteiger partial charge in [-0.1, -0.05) is 23.7 Å². The molecule has 0 unspecified atom stereocenters. The summed E-state index contributed by atoms with van der Waals surface area (Å²) in [7, 11) is 1.80. The van der Waals surface area contributed by atoms with E-state index < -0.39 is 0 Å². The second-order valence-corrected chi connectivity index (χ2v) is 6.61. The van der Waals surface area contributed by atoms with Gasteiger partial charge in [-0.05, 0) is 38.1 Å². The van der Waals surface area contributed by atoms with Gasteiger partial charge < -0.3 is 4.90 Å². The molecule has 26 heavy (non-hydrogen) atoms. The number of aromatic nitrogens is 3. The Balaban J connectivity index is 1.79. The summed E-state index contributed by atoms with van der Waals surface area (Å²) in [6.07, 6.45) is 3.43. The number of halogens is 1. The highest BCUT2D eigenvalue weighted by Gasteiger charge is 2.15. The first kappa shape index (κ1) is 18.1. The van der Waals surface area contributed by atoms with Gasteiger partial charge >= 0.3 is 0 Å². The van der Waals surface area contributed by atoms with Crippen molar-refractivity contribution in [2.45, 2.75) is 26.9 Å². The summed E-state index contributed by atoms with van der Waals surface area (Å²) < 4.78 is 1.93. The van der Waals surface area contributed by atoms with Crippen LogP contribution >= 0.6 is 11.6 Å². The topological polar surface area (TPSA) is 51.0 Å². The van der Waals surface area contributed by atoms with Crippen molar-refractivity contribution in [2.75, 3.05) is 7.05 Å². The van der Waals surface area contributed by atoms with Crippen LogP contribution < -0.4 is 0 Å². The standard InChI is InChI=1S/C20H21ClN4O/c1-4-25-14(2)17(11-23-25)13-24(3)20(26)16-7-5-6-15(10-16)19-9-8-18(21)12-22-19/h5-12H,4,13H2,1-3H3. The molecule has 0 spiro atoms. The SMILES string of the molecule is CCn1ncc(CN(C)C(=O)c2cccc(-c3ccc(Cl)cn3)c2)c1C. The first-order valence-corrected chi connectivity index (χ1v) is 8.86. The van der Waals surface area contributed by atoms with Crippen molar-refractivity contribution in [3.8, 4) is 11.3 Å². The maximum atomic E-state index is 12.8. The largest absolute Gasteiger partial charge is 0.337 e. The van der Waals surface area contributed by atoms with Gasteiger partial charge in [-0.25, -0.2) is 0 Å². The van der Waals surface area contributed by atoms with Crippen LogP contribution in [0.2, 0.25) is 5.02 Å². The van der Waals surface area contributed by atoms with Gasteiger partial charge in [-0.15, -0.1) is 0 Å². The first-order valence-electron chi connectivity index (χ1n) is 8.48. The number of hydrogen-bond donors (Lipinski definition) is 0. The van der Waals surface area contributed by atoms with Crippen molar-refractivity contribution in [1.82, 2.24) is 19.7 Å². The zero-order valence-corrected chi connectivity index (χ0v) is 15.9. The molecule has 0 saturated carbocycles. The fourth-order valence-corrected chi connectivity index (χ4v) is 2.98. The van der Waals surface area contributed by atoms with E-state index in [1.54, 1.807) is 24.2 Å². The van der Waals surface area contributed by atoms with Crippen molar-refractivity contribution in [3.63, 3.8) is 0 Å². The number of pyridine rings is 1. The van der Waals surface area contributed by atoms with Crippen LogP contribution in [0, 0.1) is 6.92 Å². The van der Waals surface area contributed by atoms with Gasteiger partial charge in [-0.3, -0.25) is 14.5 Å². The Morgan fingerprint density at radius 2 is 2.04 bits per heavy atom. The van der Waals surface area contributed by atoms with E-state index in [4.69, 9.17) is 11.6 Å². The van der Waals surface area contributed by atoms with E-state index in [0.717, 1.165) is 29.1 Å². The average molecular weight is 369 g/mol. The lowest BCUT2D eigenvalue weighted by Crippen LogP contribution is -2.26. The minimum atomic E-state index is -0.0375. The van der Waals surface area contributed by atoms with Crippen LogP contribution in [-0.4, -0.2) is 32.6 Å². The van der Waals surface area contributed by atoms with Crippen molar-refractivity contribution in [2.24, 2.45) is 0 Å². The van der Waals surface area contributed by atoms with Crippen LogP contribution in [0.15, 0.2) is 48.8 Å². The van der Waals surface area contributed by atoms with Crippen LogP contribution in [0.3, 0.4) is 0 Å². The van der Waals surface area contributed by atoms with Gasteiger partial charge in [0.15, 0.2) is 0 Å². The van der Waals surface area contributed by atoms with E-state index in [1.807, 2.05) is 48.1 Å². The summed E-state index contributed by atoms with van der Waals surface area (Å²) in [5, 5.41) is 4.93. The Bertz CT molecular complexity index is 918. The Labute approximate surface area is 158 Å². The van der Waals surface area contributed by atoms with Gasteiger partial charge in [0.1, 0.15) is 0 Å². The minimum Gasteiger partial charge on any atom is -0.337 e. The molecule has 1 aromatic carbocycles. The molecule has 0 aliphatic rings. The Kier molecular flexibility index (Phi) is 5.38. The fraction of sp³-hybridized carbons (Fsp3) is 0.250. The molecule has 6 heteroatoms. The summed E-state index contributed by atoms with van der Waals surface area (Å²) in [5.74, 6) is -0.0375. The summed E-state index contributed by atoms with van der Waals surface area (Å²) in [6.45, 7) is 5.42. The summed E-state index contributed by atoms with van der Waals surface area (Å²) >= 11 is 5.89. The molecule has 2 aromatic heterocycles. The van der Waals surface area contributed by atoms with Crippen LogP contribution in [0.1, 0.15) is 28.5 Å². The van der Waals surface area contributed by atoms with Crippen LogP contribution in [0.5, 0.6) is 0 Å².